The molecule has 0 spiro atoms. The van der Waals surface area contributed by atoms with Crippen LogP contribution < -0.4 is 15.4 Å². The first-order valence-corrected chi connectivity index (χ1v) is 11.9. The number of ether oxygens (including phenoxy) is 2. The van der Waals surface area contributed by atoms with Gasteiger partial charge >= 0.3 is 0 Å². The van der Waals surface area contributed by atoms with E-state index in [0.717, 1.165) is 24.3 Å². The van der Waals surface area contributed by atoms with Crippen LogP contribution in [0.5, 0.6) is 5.75 Å². The van der Waals surface area contributed by atoms with Crippen molar-refractivity contribution in [1.82, 2.24) is 19.3 Å². The molecule has 0 unspecified atom stereocenters. The number of amides is 1. The van der Waals surface area contributed by atoms with E-state index in [1.807, 2.05) is 48.0 Å². The number of hydrogen-bond donors (Lipinski definition) is 2. The molecule has 0 aliphatic heterocycles. The fraction of sp³-hybridized carbons (Fsp3) is 0.250. The highest BCUT2D eigenvalue weighted by molar-refractivity contribution is 6.04. The van der Waals surface area contributed by atoms with Crippen LogP contribution in [0.4, 0.5) is 11.5 Å². The van der Waals surface area contributed by atoms with E-state index in [1.165, 1.54) is 0 Å². The van der Waals surface area contributed by atoms with Gasteiger partial charge in [0, 0.05) is 74.3 Å². The highest BCUT2D eigenvalue weighted by Crippen LogP contribution is 2.20. The van der Waals surface area contributed by atoms with Crippen LogP contribution >= 0.6 is 0 Å². The number of rotatable bonds is 10. The molecular formula is C28H30N6O3. The van der Waals surface area contributed by atoms with Crippen LogP contribution in [0.25, 0.3) is 0 Å². The number of aromatic nitrogens is 4. The fourth-order valence-corrected chi connectivity index (χ4v) is 3.64. The number of carbonyl (C=O) groups is 1. The highest BCUT2D eigenvalue weighted by atomic mass is 16.5. The van der Waals surface area contributed by atoms with Crippen molar-refractivity contribution in [3.63, 3.8) is 0 Å². The second kappa shape index (κ2) is 12.4. The lowest BCUT2D eigenvalue weighted by atomic mass is 10.1. The highest BCUT2D eigenvalue weighted by Gasteiger charge is 2.12. The standard InChI is InChI=1S/C28H30N6O3/c1-21(19-36-3)37-26-17-23(15-24(18-26)28(35)31-27-9-12-33(2)32-27)8-7-22-5-4-6-25(16-22)30-11-14-34-13-10-29-20-34/h4-6,9-10,12-13,15-18,20-21,30H,11,14,19H2,1-3H3,(H,31,32,35)/t21-/m0/s1. The van der Waals surface area contributed by atoms with Crippen LogP contribution in [0.15, 0.2) is 73.4 Å². The maximum Gasteiger partial charge on any atom is 0.257 e. The van der Waals surface area contributed by atoms with Gasteiger partial charge in [-0.05, 0) is 43.3 Å². The minimum atomic E-state index is -0.296. The van der Waals surface area contributed by atoms with Crippen molar-refractivity contribution in [1.29, 1.82) is 0 Å². The quantitative estimate of drug-likeness (QED) is 0.323. The first-order valence-electron chi connectivity index (χ1n) is 11.9. The summed E-state index contributed by atoms with van der Waals surface area (Å²) in [5, 5.41) is 10.4. The molecular weight excluding hydrogens is 468 g/mol. The number of anilines is 2. The molecule has 4 rings (SSSR count). The van der Waals surface area contributed by atoms with Gasteiger partial charge < -0.3 is 24.7 Å². The molecule has 2 aromatic carbocycles. The van der Waals surface area contributed by atoms with Gasteiger partial charge in [-0.2, -0.15) is 5.10 Å². The first kappa shape index (κ1) is 25.5. The number of nitrogens with zero attached hydrogens (tertiary/aromatic N) is 4. The molecule has 0 saturated carbocycles. The SMILES string of the molecule is COC[C@H](C)Oc1cc(C#Cc2cccc(NCCn3ccnc3)c2)cc(C(=O)Nc2ccn(C)n2)c1. The Balaban J connectivity index is 1.52. The summed E-state index contributed by atoms with van der Waals surface area (Å²) in [5.74, 6) is 7.08. The fourth-order valence-electron chi connectivity index (χ4n) is 3.64. The summed E-state index contributed by atoms with van der Waals surface area (Å²) in [4.78, 5) is 17.0. The van der Waals surface area contributed by atoms with Crippen molar-refractivity contribution in [3.05, 3.63) is 90.1 Å². The Morgan fingerprint density at radius 2 is 1.97 bits per heavy atom. The van der Waals surface area contributed by atoms with Gasteiger partial charge in [0.1, 0.15) is 11.9 Å². The lowest BCUT2D eigenvalue weighted by Crippen LogP contribution is -2.19. The zero-order valence-corrected chi connectivity index (χ0v) is 21.1. The number of carbonyl (C=O) groups excluding carboxylic acids is 1. The minimum absolute atomic E-state index is 0.190. The third kappa shape index (κ3) is 7.72. The second-order valence-corrected chi connectivity index (χ2v) is 8.52. The monoisotopic (exact) mass is 498 g/mol. The third-order valence-electron chi connectivity index (χ3n) is 5.33. The molecule has 0 bridgehead atoms. The van der Waals surface area contributed by atoms with Crippen molar-refractivity contribution in [3.8, 4) is 17.6 Å². The second-order valence-electron chi connectivity index (χ2n) is 8.52. The lowest BCUT2D eigenvalue weighted by Gasteiger charge is -2.15. The number of imidazole rings is 1. The van der Waals surface area contributed by atoms with Gasteiger partial charge in [0.05, 0.1) is 12.9 Å². The molecule has 0 aliphatic carbocycles. The van der Waals surface area contributed by atoms with E-state index >= 15 is 0 Å². The zero-order valence-electron chi connectivity index (χ0n) is 21.1. The van der Waals surface area contributed by atoms with E-state index in [4.69, 9.17) is 9.47 Å². The van der Waals surface area contributed by atoms with Crippen LogP contribution in [-0.4, -0.2) is 51.6 Å². The van der Waals surface area contributed by atoms with Crippen molar-refractivity contribution in [2.45, 2.75) is 19.6 Å². The molecule has 0 radical (unpaired) electrons. The molecule has 9 heteroatoms. The van der Waals surface area contributed by atoms with Crippen molar-refractivity contribution >= 4 is 17.4 Å². The van der Waals surface area contributed by atoms with Crippen LogP contribution in [0.3, 0.4) is 0 Å². The van der Waals surface area contributed by atoms with E-state index in [-0.39, 0.29) is 12.0 Å². The Morgan fingerprint density at radius 1 is 1.11 bits per heavy atom. The Hall–Kier alpha value is -4.55. The first-order chi connectivity index (χ1) is 18.0. The molecule has 2 heterocycles. The number of methoxy groups -OCH3 is 1. The van der Waals surface area contributed by atoms with Crippen molar-refractivity contribution in [2.24, 2.45) is 7.05 Å². The van der Waals surface area contributed by atoms with Gasteiger partial charge in [-0.1, -0.05) is 17.9 Å². The van der Waals surface area contributed by atoms with E-state index < -0.39 is 0 Å². The van der Waals surface area contributed by atoms with E-state index in [2.05, 4.69) is 32.6 Å². The van der Waals surface area contributed by atoms with E-state index in [9.17, 15) is 4.79 Å². The summed E-state index contributed by atoms with van der Waals surface area (Å²) in [5.41, 5.74) is 2.91. The molecule has 4 aromatic rings. The summed E-state index contributed by atoms with van der Waals surface area (Å²) in [6.07, 6.45) is 7.07. The number of hydrogen-bond acceptors (Lipinski definition) is 6. The average molecular weight is 499 g/mol. The molecule has 0 aliphatic rings. The van der Waals surface area contributed by atoms with Crippen LogP contribution in [0.2, 0.25) is 0 Å². The summed E-state index contributed by atoms with van der Waals surface area (Å²) < 4.78 is 14.8. The van der Waals surface area contributed by atoms with Crippen LogP contribution in [-0.2, 0) is 18.3 Å². The Morgan fingerprint density at radius 3 is 2.73 bits per heavy atom. The van der Waals surface area contributed by atoms with Gasteiger partial charge in [-0.15, -0.1) is 0 Å². The molecule has 2 aromatic heterocycles. The molecule has 0 saturated heterocycles. The molecule has 0 fully saturated rings. The molecule has 1 atom stereocenters. The molecule has 1 amide bonds. The Labute approximate surface area is 216 Å². The maximum absolute atomic E-state index is 12.9. The predicted octanol–water partition coefficient (Wildman–Crippen LogP) is 3.79. The maximum atomic E-state index is 12.9. The lowest BCUT2D eigenvalue weighted by molar-refractivity contribution is 0.0917. The van der Waals surface area contributed by atoms with Gasteiger partial charge in [-0.25, -0.2) is 4.98 Å². The summed E-state index contributed by atoms with van der Waals surface area (Å²) in [7, 11) is 3.41. The van der Waals surface area contributed by atoms with Crippen LogP contribution in [0, 0.1) is 11.8 Å². The van der Waals surface area contributed by atoms with Crippen molar-refractivity contribution < 1.29 is 14.3 Å². The van der Waals surface area contributed by atoms with Crippen molar-refractivity contribution in [2.75, 3.05) is 30.9 Å². The van der Waals surface area contributed by atoms with Gasteiger partial charge in [-0.3, -0.25) is 9.48 Å². The minimum Gasteiger partial charge on any atom is -0.488 e. The number of nitrogens with one attached hydrogen (secondary N) is 2. The normalized spacial score (nSPS) is 11.3. The molecule has 190 valence electrons. The predicted molar refractivity (Wildman–Crippen MR) is 143 cm³/mol. The summed E-state index contributed by atoms with van der Waals surface area (Å²) >= 11 is 0. The number of aryl methyl sites for hydroxylation is 1. The molecule has 37 heavy (non-hydrogen) atoms. The molecule has 2 N–H and O–H groups in total. The summed E-state index contributed by atoms with van der Waals surface area (Å²) in [6, 6.07) is 14.9. The van der Waals surface area contributed by atoms with E-state index in [0.29, 0.717) is 29.3 Å². The number of benzene rings is 2. The third-order valence-corrected chi connectivity index (χ3v) is 5.33. The average Bonchev–Trinajstić information content (AvgIpc) is 3.55. The zero-order chi connectivity index (χ0) is 26.0. The summed E-state index contributed by atoms with van der Waals surface area (Å²) in [6.45, 7) is 3.90. The van der Waals surface area contributed by atoms with Crippen LogP contribution in [0.1, 0.15) is 28.4 Å². The van der Waals surface area contributed by atoms with Gasteiger partial charge in [0.2, 0.25) is 0 Å². The Kier molecular flexibility index (Phi) is 8.57. The topological polar surface area (TPSA) is 95.2 Å². The van der Waals surface area contributed by atoms with Gasteiger partial charge in [0.25, 0.3) is 5.91 Å². The van der Waals surface area contributed by atoms with Gasteiger partial charge in [0.15, 0.2) is 5.82 Å². The van der Waals surface area contributed by atoms with E-state index in [1.54, 1.807) is 55.8 Å². The smallest absolute Gasteiger partial charge is 0.257 e. The Bertz CT molecular complexity index is 1380. The largest absolute Gasteiger partial charge is 0.488 e. The molecule has 9 nitrogen and oxygen atoms in total.